The molecule has 1 unspecified atom stereocenters. The predicted octanol–water partition coefficient (Wildman–Crippen LogP) is 4.01. The van der Waals surface area contributed by atoms with Crippen LogP contribution in [0.5, 0.6) is 0 Å². The Bertz CT molecular complexity index is 1090. The van der Waals surface area contributed by atoms with Crippen molar-refractivity contribution < 1.29 is 14.3 Å². The Morgan fingerprint density at radius 2 is 1.73 bits per heavy atom. The number of amides is 1. The first-order valence-corrected chi connectivity index (χ1v) is 10.2. The Morgan fingerprint density at radius 3 is 2.50 bits per heavy atom. The molecular weight excluding hydrogens is 378 g/mol. The van der Waals surface area contributed by atoms with Gasteiger partial charge in [-0.15, -0.1) is 0 Å². The normalized spacial score (nSPS) is 14.2. The summed E-state index contributed by atoms with van der Waals surface area (Å²) in [5, 5.41) is 4.49. The van der Waals surface area contributed by atoms with Gasteiger partial charge in [0.05, 0.1) is 17.1 Å². The molecule has 30 heavy (non-hydrogen) atoms. The largest absolute Gasteiger partial charge is 0.449 e. The Hall–Kier alpha value is -3.41. The number of rotatable bonds is 4. The number of para-hydroxylation sites is 2. The van der Waals surface area contributed by atoms with Crippen LogP contribution in [0.4, 0.5) is 5.69 Å². The van der Waals surface area contributed by atoms with E-state index in [2.05, 4.69) is 5.10 Å². The van der Waals surface area contributed by atoms with Gasteiger partial charge in [-0.2, -0.15) is 5.10 Å². The highest BCUT2D eigenvalue weighted by molar-refractivity contribution is 6.00. The molecule has 1 atom stereocenters. The van der Waals surface area contributed by atoms with Crippen LogP contribution in [0.2, 0.25) is 0 Å². The number of hydrogen-bond donors (Lipinski definition) is 0. The summed E-state index contributed by atoms with van der Waals surface area (Å²) < 4.78 is 7.32. The second kappa shape index (κ2) is 8.14. The molecule has 0 bridgehead atoms. The molecule has 2 aromatic carbocycles. The molecule has 0 N–H and O–H groups in total. The van der Waals surface area contributed by atoms with Crippen molar-refractivity contribution in [2.24, 2.45) is 0 Å². The summed E-state index contributed by atoms with van der Waals surface area (Å²) in [6.07, 6.45) is 0.957. The number of aryl methyl sites for hydroxylation is 2. The highest BCUT2D eigenvalue weighted by Crippen LogP contribution is 2.28. The number of hydrogen-bond acceptors (Lipinski definition) is 4. The van der Waals surface area contributed by atoms with Crippen LogP contribution >= 0.6 is 0 Å². The van der Waals surface area contributed by atoms with E-state index in [1.54, 1.807) is 23.4 Å². The molecule has 1 aliphatic rings. The molecule has 0 saturated heterocycles. The van der Waals surface area contributed by atoms with Crippen molar-refractivity contribution in [2.45, 2.75) is 39.7 Å². The van der Waals surface area contributed by atoms with Gasteiger partial charge in [-0.1, -0.05) is 36.4 Å². The average Bonchev–Trinajstić information content (AvgIpc) is 3.07. The fourth-order valence-corrected chi connectivity index (χ4v) is 4.01. The van der Waals surface area contributed by atoms with Gasteiger partial charge in [0.15, 0.2) is 6.10 Å². The zero-order valence-electron chi connectivity index (χ0n) is 17.5. The van der Waals surface area contributed by atoms with Gasteiger partial charge in [-0.25, -0.2) is 9.48 Å². The summed E-state index contributed by atoms with van der Waals surface area (Å²) in [7, 11) is 0. The van der Waals surface area contributed by atoms with Crippen molar-refractivity contribution in [3.05, 3.63) is 77.1 Å². The lowest BCUT2D eigenvalue weighted by Gasteiger charge is -2.31. The van der Waals surface area contributed by atoms with Crippen LogP contribution in [-0.4, -0.2) is 34.3 Å². The molecule has 2 heterocycles. The third-order valence-electron chi connectivity index (χ3n) is 5.50. The van der Waals surface area contributed by atoms with Gasteiger partial charge < -0.3 is 9.64 Å². The SMILES string of the molecule is Cc1nn(-c2ccccc2)c(C)c1C(=O)OC(C)C(=O)N1CCCc2ccccc21. The van der Waals surface area contributed by atoms with Gasteiger partial charge in [0.25, 0.3) is 5.91 Å². The van der Waals surface area contributed by atoms with E-state index in [1.807, 2.05) is 61.5 Å². The summed E-state index contributed by atoms with van der Waals surface area (Å²) in [6.45, 7) is 5.86. The first kappa shape index (κ1) is 19.9. The topological polar surface area (TPSA) is 64.4 Å². The fraction of sp³-hybridized carbons (Fsp3) is 0.292. The first-order chi connectivity index (χ1) is 14.5. The Kier molecular flexibility index (Phi) is 5.40. The van der Waals surface area contributed by atoms with E-state index in [9.17, 15) is 9.59 Å². The number of ether oxygens (including phenoxy) is 1. The summed E-state index contributed by atoms with van der Waals surface area (Å²) in [5.74, 6) is -0.736. The fourth-order valence-electron chi connectivity index (χ4n) is 4.01. The van der Waals surface area contributed by atoms with Crippen LogP contribution in [-0.2, 0) is 16.0 Å². The van der Waals surface area contributed by atoms with Crippen molar-refractivity contribution in [1.82, 2.24) is 9.78 Å². The molecule has 3 aromatic rings. The summed E-state index contributed by atoms with van der Waals surface area (Å²) >= 11 is 0. The zero-order chi connectivity index (χ0) is 21.3. The van der Waals surface area contributed by atoms with Gasteiger partial charge in [0.2, 0.25) is 0 Å². The number of carbonyl (C=O) groups is 2. The third-order valence-corrected chi connectivity index (χ3v) is 5.50. The van der Waals surface area contributed by atoms with Gasteiger partial charge in [-0.3, -0.25) is 4.79 Å². The number of anilines is 1. The van der Waals surface area contributed by atoms with Crippen molar-refractivity contribution in [3.8, 4) is 5.69 Å². The number of aromatic nitrogens is 2. The molecule has 4 rings (SSSR count). The van der Waals surface area contributed by atoms with Crippen molar-refractivity contribution in [3.63, 3.8) is 0 Å². The molecule has 0 aliphatic carbocycles. The molecule has 1 amide bonds. The van der Waals surface area contributed by atoms with E-state index in [0.717, 1.165) is 29.8 Å². The lowest BCUT2D eigenvalue weighted by Crippen LogP contribution is -2.42. The monoisotopic (exact) mass is 403 g/mol. The lowest BCUT2D eigenvalue weighted by molar-refractivity contribution is -0.126. The second-order valence-corrected chi connectivity index (χ2v) is 7.56. The number of fused-ring (bicyclic) bond motifs is 1. The molecule has 1 aromatic heterocycles. The van der Waals surface area contributed by atoms with Gasteiger partial charge in [-0.05, 0) is 57.4 Å². The Labute approximate surface area is 176 Å². The van der Waals surface area contributed by atoms with E-state index in [4.69, 9.17) is 4.74 Å². The van der Waals surface area contributed by atoms with Gasteiger partial charge in [0, 0.05) is 12.2 Å². The number of benzene rings is 2. The minimum atomic E-state index is -0.887. The molecule has 6 nitrogen and oxygen atoms in total. The Morgan fingerprint density at radius 1 is 1.03 bits per heavy atom. The first-order valence-electron chi connectivity index (χ1n) is 10.2. The maximum absolute atomic E-state index is 13.1. The third kappa shape index (κ3) is 3.61. The highest BCUT2D eigenvalue weighted by atomic mass is 16.5. The van der Waals surface area contributed by atoms with Crippen LogP contribution in [0.25, 0.3) is 5.69 Å². The highest BCUT2D eigenvalue weighted by Gasteiger charge is 2.30. The quantitative estimate of drug-likeness (QED) is 0.618. The van der Waals surface area contributed by atoms with Crippen LogP contribution in [0.3, 0.4) is 0 Å². The zero-order valence-corrected chi connectivity index (χ0v) is 17.5. The van der Waals surface area contributed by atoms with Crippen molar-refractivity contribution >= 4 is 17.6 Å². The van der Waals surface area contributed by atoms with E-state index in [1.165, 1.54) is 0 Å². The maximum Gasteiger partial charge on any atom is 0.342 e. The number of carbonyl (C=O) groups excluding carboxylic acids is 2. The number of esters is 1. The van der Waals surface area contributed by atoms with Crippen LogP contribution in [0, 0.1) is 13.8 Å². The molecule has 1 aliphatic heterocycles. The maximum atomic E-state index is 13.1. The van der Waals surface area contributed by atoms with Crippen molar-refractivity contribution in [1.29, 1.82) is 0 Å². The van der Waals surface area contributed by atoms with Crippen LogP contribution in [0.1, 0.15) is 40.7 Å². The van der Waals surface area contributed by atoms with Crippen LogP contribution in [0.15, 0.2) is 54.6 Å². The van der Waals surface area contributed by atoms with E-state index >= 15 is 0 Å². The number of nitrogens with zero attached hydrogens (tertiary/aromatic N) is 3. The Balaban J connectivity index is 1.54. The molecule has 0 fully saturated rings. The summed E-state index contributed by atoms with van der Waals surface area (Å²) in [6, 6.07) is 17.5. The molecule has 0 spiro atoms. The molecule has 0 radical (unpaired) electrons. The summed E-state index contributed by atoms with van der Waals surface area (Å²) in [4.78, 5) is 27.7. The smallest absolute Gasteiger partial charge is 0.342 e. The molecule has 0 saturated carbocycles. The minimum Gasteiger partial charge on any atom is -0.449 e. The molecular formula is C24H25N3O3. The average molecular weight is 403 g/mol. The molecule has 6 heteroatoms. The van der Waals surface area contributed by atoms with E-state index < -0.39 is 12.1 Å². The van der Waals surface area contributed by atoms with Gasteiger partial charge in [0.1, 0.15) is 5.56 Å². The minimum absolute atomic E-state index is 0.207. The van der Waals surface area contributed by atoms with Gasteiger partial charge >= 0.3 is 5.97 Å². The molecule has 154 valence electrons. The van der Waals surface area contributed by atoms with Crippen LogP contribution < -0.4 is 4.90 Å². The summed E-state index contributed by atoms with van der Waals surface area (Å²) in [5.41, 5.74) is 4.58. The lowest BCUT2D eigenvalue weighted by atomic mass is 10.0. The second-order valence-electron chi connectivity index (χ2n) is 7.56. The van der Waals surface area contributed by atoms with E-state index in [-0.39, 0.29) is 5.91 Å². The van der Waals surface area contributed by atoms with E-state index in [0.29, 0.717) is 23.5 Å². The standard InChI is InChI=1S/C24H25N3O3/c1-16-22(17(2)27(25-16)20-12-5-4-6-13-20)24(29)30-18(3)23(28)26-15-9-11-19-10-7-8-14-21(19)26/h4-8,10,12-14,18H,9,11,15H2,1-3H3. The predicted molar refractivity (Wildman–Crippen MR) is 115 cm³/mol. The van der Waals surface area contributed by atoms with Crippen molar-refractivity contribution in [2.75, 3.05) is 11.4 Å².